The molecule has 1 atom stereocenters. The first kappa shape index (κ1) is 50.9. The highest BCUT2D eigenvalue weighted by molar-refractivity contribution is 5.72. The van der Waals surface area contributed by atoms with Gasteiger partial charge < -0.3 is 14.2 Å². The van der Waals surface area contributed by atoms with Crippen molar-refractivity contribution in [3.63, 3.8) is 0 Å². The Morgan fingerprint density at radius 3 is 1.35 bits per heavy atom. The van der Waals surface area contributed by atoms with Crippen molar-refractivity contribution in [2.75, 3.05) is 13.2 Å². The normalized spacial score (nSPS) is 12.7. The monoisotopic (exact) mass is 753 g/mol. The first-order chi connectivity index (χ1) is 26.5. The summed E-state index contributed by atoms with van der Waals surface area (Å²) in [6.07, 6.45) is 52.1. The number of carbonyl (C=O) groups is 3. The number of ether oxygens (including phenoxy) is 3. The molecule has 0 radical (unpaired) electrons. The predicted molar refractivity (Wildman–Crippen MR) is 228 cm³/mol. The highest BCUT2D eigenvalue weighted by Gasteiger charge is 2.19. The maximum atomic E-state index is 12.6. The summed E-state index contributed by atoms with van der Waals surface area (Å²) in [5, 5.41) is 0. The zero-order chi connectivity index (χ0) is 39.4. The molecule has 0 amide bonds. The predicted octanol–water partition coefficient (Wildman–Crippen LogP) is 13.9. The fourth-order valence-electron chi connectivity index (χ4n) is 5.69. The highest BCUT2D eigenvalue weighted by Crippen LogP contribution is 2.13. The molecular weight excluding hydrogens is 673 g/mol. The standard InChI is InChI=1S/C48H80O6/c1-4-7-10-13-16-19-21-22-23-24-25-26-27-30-32-35-38-41-47(50)53-44-45(43-52-46(49)40-37-34-31-28-18-15-12-9-6-3)54-48(51)42-39-36-33-29-20-17-14-11-8-5-2/h9,12,18,22-23,25-26,28,30,32,34,37,45H,4-8,10-11,13-17,19-21,24,27,29,31,33,35-36,38-44H2,1-3H3/b12-9-,23-22-,26-25-,28-18-,32-30-,37-34-. The van der Waals surface area contributed by atoms with Gasteiger partial charge in [-0.05, 0) is 64.2 Å². The molecule has 0 spiro atoms. The summed E-state index contributed by atoms with van der Waals surface area (Å²) in [4.78, 5) is 37.5. The number of carbonyl (C=O) groups excluding carboxylic acids is 3. The zero-order valence-corrected chi connectivity index (χ0v) is 35.0. The third-order valence-electron chi connectivity index (χ3n) is 8.98. The lowest BCUT2D eigenvalue weighted by molar-refractivity contribution is -0.166. The fourth-order valence-corrected chi connectivity index (χ4v) is 5.69. The van der Waals surface area contributed by atoms with Gasteiger partial charge in [-0.2, -0.15) is 0 Å². The van der Waals surface area contributed by atoms with Crippen molar-refractivity contribution in [2.45, 2.75) is 200 Å². The molecular formula is C48H80O6. The van der Waals surface area contributed by atoms with Crippen LogP contribution in [0.5, 0.6) is 0 Å². The molecule has 0 aliphatic heterocycles. The van der Waals surface area contributed by atoms with Gasteiger partial charge in [-0.15, -0.1) is 0 Å². The molecule has 0 N–H and O–H groups in total. The molecule has 0 aromatic rings. The minimum absolute atomic E-state index is 0.127. The second-order valence-corrected chi connectivity index (χ2v) is 14.2. The van der Waals surface area contributed by atoms with E-state index in [1.54, 1.807) is 6.08 Å². The summed E-state index contributed by atoms with van der Waals surface area (Å²) < 4.78 is 16.5. The number of unbranched alkanes of at least 4 members (excludes halogenated alkanes) is 16. The largest absolute Gasteiger partial charge is 0.462 e. The van der Waals surface area contributed by atoms with Crippen molar-refractivity contribution in [1.29, 1.82) is 0 Å². The smallest absolute Gasteiger partial charge is 0.309 e. The van der Waals surface area contributed by atoms with E-state index in [0.717, 1.165) is 57.8 Å². The Kier molecular flexibility index (Phi) is 40.1. The Hall–Kier alpha value is -3.15. The summed E-state index contributed by atoms with van der Waals surface area (Å²) in [5.74, 6) is -1.11. The lowest BCUT2D eigenvalue weighted by atomic mass is 10.1. The lowest BCUT2D eigenvalue weighted by Gasteiger charge is -2.18. The van der Waals surface area contributed by atoms with Gasteiger partial charge in [0.15, 0.2) is 6.10 Å². The van der Waals surface area contributed by atoms with Crippen LogP contribution in [0, 0.1) is 0 Å². The van der Waals surface area contributed by atoms with Gasteiger partial charge in [-0.25, -0.2) is 0 Å². The maximum Gasteiger partial charge on any atom is 0.309 e. The van der Waals surface area contributed by atoms with Gasteiger partial charge in [0.25, 0.3) is 0 Å². The van der Waals surface area contributed by atoms with Crippen LogP contribution in [0.15, 0.2) is 72.9 Å². The van der Waals surface area contributed by atoms with Crippen LogP contribution in [-0.4, -0.2) is 37.2 Å². The van der Waals surface area contributed by atoms with Gasteiger partial charge in [0, 0.05) is 12.8 Å². The maximum absolute atomic E-state index is 12.6. The van der Waals surface area contributed by atoms with Crippen LogP contribution in [0.2, 0.25) is 0 Å². The van der Waals surface area contributed by atoms with Gasteiger partial charge in [-0.3, -0.25) is 14.4 Å². The van der Waals surface area contributed by atoms with E-state index in [0.29, 0.717) is 12.8 Å². The minimum Gasteiger partial charge on any atom is -0.462 e. The first-order valence-corrected chi connectivity index (χ1v) is 21.9. The molecule has 0 rings (SSSR count). The van der Waals surface area contributed by atoms with E-state index >= 15 is 0 Å². The molecule has 0 aromatic carbocycles. The first-order valence-electron chi connectivity index (χ1n) is 21.9. The van der Waals surface area contributed by atoms with Crippen LogP contribution in [0.25, 0.3) is 0 Å². The Bertz CT molecular complexity index is 1050. The van der Waals surface area contributed by atoms with Gasteiger partial charge in [0.1, 0.15) is 13.2 Å². The second-order valence-electron chi connectivity index (χ2n) is 14.2. The van der Waals surface area contributed by atoms with E-state index in [1.807, 2.05) is 6.08 Å². The van der Waals surface area contributed by atoms with E-state index in [9.17, 15) is 14.4 Å². The Morgan fingerprint density at radius 2 is 0.815 bits per heavy atom. The van der Waals surface area contributed by atoms with Gasteiger partial charge >= 0.3 is 17.9 Å². The quantitative estimate of drug-likeness (QED) is 0.0270. The molecule has 0 aliphatic rings. The molecule has 1 unspecified atom stereocenters. The third kappa shape index (κ3) is 40.0. The number of esters is 3. The molecule has 0 heterocycles. The molecule has 6 heteroatoms. The summed E-state index contributed by atoms with van der Waals surface area (Å²) in [7, 11) is 0. The molecule has 308 valence electrons. The summed E-state index contributed by atoms with van der Waals surface area (Å²) in [6.45, 7) is 6.33. The molecule has 6 nitrogen and oxygen atoms in total. The minimum atomic E-state index is -0.825. The SMILES string of the molecule is CC/C=C\C/C=C\C/C=C\CC(=O)OCC(COC(=O)CCC/C=C\C/C=C\C/C=C\CCCCCCCC)OC(=O)CCCCCCCCCCCC. The van der Waals surface area contributed by atoms with Crippen LogP contribution in [-0.2, 0) is 28.6 Å². The number of hydrogen-bond donors (Lipinski definition) is 0. The topological polar surface area (TPSA) is 78.9 Å². The van der Waals surface area contributed by atoms with E-state index in [4.69, 9.17) is 14.2 Å². The van der Waals surface area contributed by atoms with Crippen molar-refractivity contribution >= 4 is 17.9 Å². The van der Waals surface area contributed by atoms with E-state index in [-0.39, 0.29) is 38.0 Å². The zero-order valence-electron chi connectivity index (χ0n) is 35.0. The van der Waals surface area contributed by atoms with Crippen LogP contribution >= 0.6 is 0 Å². The Morgan fingerprint density at radius 1 is 0.407 bits per heavy atom. The molecule has 0 aromatic heterocycles. The van der Waals surface area contributed by atoms with Gasteiger partial charge in [0.2, 0.25) is 0 Å². The van der Waals surface area contributed by atoms with Crippen LogP contribution < -0.4 is 0 Å². The van der Waals surface area contributed by atoms with Gasteiger partial charge in [-0.1, -0.05) is 184 Å². The Labute approximate surface area is 332 Å². The van der Waals surface area contributed by atoms with Crippen LogP contribution in [0.3, 0.4) is 0 Å². The summed E-state index contributed by atoms with van der Waals surface area (Å²) in [5.41, 5.74) is 0. The van der Waals surface area contributed by atoms with Crippen molar-refractivity contribution in [3.8, 4) is 0 Å². The van der Waals surface area contributed by atoms with Crippen LogP contribution in [0.4, 0.5) is 0 Å². The molecule has 54 heavy (non-hydrogen) atoms. The number of allylic oxidation sites excluding steroid dienone is 11. The highest BCUT2D eigenvalue weighted by atomic mass is 16.6. The lowest BCUT2D eigenvalue weighted by Crippen LogP contribution is -2.30. The molecule has 0 bridgehead atoms. The molecule has 0 saturated carbocycles. The number of rotatable bonds is 38. The molecule has 0 aliphatic carbocycles. The molecule has 0 saturated heterocycles. The van der Waals surface area contributed by atoms with E-state index < -0.39 is 12.1 Å². The molecule has 0 fully saturated rings. The number of hydrogen-bond acceptors (Lipinski definition) is 6. The average molecular weight is 753 g/mol. The van der Waals surface area contributed by atoms with Crippen molar-refractivity contribution in [1.82, 2.24) is 0 Å². The van der Waals surface area contributed by atoms with E-state index in [2.05, 4.69) is 81.5 Å². The van der Waals surface area contributed by atoms with Crippen molar-refractivity contribution in [3.05, 3.63) is 72.9 Å². The van der Waals surface area contributed by atoms with Crippen LogP contribution in [0.1, 0.15) is 194 Å². The van der Waals surface area contributed by atoms with E-state index in [1.165, 1.54) is 89.9 Å². The fraction of sp³-hybridized carbons (Fsp3) is 0.688. The summed E-state index contributed by atoms with van der Waals surface area (Å²) >= 11 is 0. The average Bonchev–Trinajstić information content (AvgIpc) is 3.17. The second kappa shape index (κ2) is 42.6. The third-order valence-corrected chi connectivity index (χ3v) is 8.98. The van der Waals surface area contributed by atoms with Crippen molar-refractivity contribution in [2.24, 2.45) is 0 Å². The van der Waals surface area contributed by atoms with Gasteiger partial charge in [0.05, 0.1) is 6.42 Å². The van der Waals surface area contributed by atoms with Crippen molar-refractivity contribution < 1.29 is 28.6 Å². The Balaban J connectivity index is 4.48. The summed E-state index contributed by atoms with van der Waals surface area (Å²) in [6, 6.07) is 0.